The minimum absolute atomic E-state index is 0.236. The third-order valence-electron chi connectivity index (χ3n) is 4.04. The van der Waals surface area contributed by atoms with Crippen LogP contribution in [0.4, 0.5) is 4.39 Å². The van der Waals surface area contributed by atoms with E-state index in [9.17, 15) is 9.18 Å². The molecule has 6 nitrogen and oxygen atoms in total. The fraction of sp³-hybridized carbons (Fsp3) is 0.200. The zero-order valence-corrected chi connectivity index (χ0v) is 15.1. The van der Waals surface area contributed by atoms with E-state index in [1.807, 2.05) is 35.9 Å². The first-order valence-electron chi connectivity index (χ1n) is 8.35. The van der Waals surface area contributed by atoms with Gasteiger partial charge in [0.05, 0.1) is 7.11 Å². The molecule has 0 saturated carbocycles. The van der Waals surface area contributed by atoms with Crippen LogP contribution < -0.4 is 14.8 Å². The Morgan fingerprint density at radius 3 is 2.63 bits per heavy atom. The molecule has 0 bridgehead atoms. The fourth-order valence-electron chi connectivity index (χ4n) is 2.66. The van der Waals surface area contributed by atoms with Crippen molar-refractivity contribution >= 4 is 5.91 Å². The summed E-state index contributed by atoms with van der Waals surface area (Å²) in [4.78, 5) is 16.8. The zero-order valence-electron chi connectivity index (χ0n) is 15.1. The number of imidazole rings is 1. The van der Waals surface area contributed by atoms with E-state index in [1.54, 1.807) is 25.6 Å². The molecule has 1 amide bonds. The van der Waals surface area contributed by atoms with Crippen molar-refractivity contribution in [2.75, 3.05) is 13.7 Å². The molecule has 0 radical (unpaired) electrons. The first-order valence-corrected chi connectivity index (χ1v) is 8.35. The van der Waals surface area contributed by atoms with Crippen LogP contribution in [0.1, 0.15) is 17.4 Å². The predicted molar refractivity (Wildman–Crippen MR) is 98.1 cm³/mol. The molecular formula is C20H20FN3O3. The van der Waals surface area contributed by atoms with Gasteiger partial charge >= 0.3 is 0 Å². The second-order valence-corrected chi connectivity index (χ2v) is 5.92. The number of carbonyl (C=O) groups excluding carboxylic acids is 1. The van der Waals surface area contributed by atoms with E-state index < -0.39 is 11.9 Å². The summed E-state index contributed by atoms with van der Waals surface area (Å²) in [6, 6.07) is 12.6. The van der Waals surface area contributed by atoms with Crippen LogP contribution in [0, 0.1) is 5.82 Å². The molecule has 3 aromatic rings. The normalized spacial score (nSPS) is 11.7. The van der Waals surface area contributed by atoms with Crippen LogP contribution in [0.25, 0.3) is 0 Å². The number of halogens is 1. The zero-order chi connectivity index (χ0) is 19.2. The number of hydrogen-bond donors (Lipinski definition) is 1. The number of amides is 1. The molecule has 0 fully saturated rings. The van der Waals surface area contributed by atoms with Crippen molar-refractivity contribution in [2.24, 2.45) is 7.05 Å². The minimum Gasteiger partial charge on any atom is -0.497 e. The Bertz CT molecular complexity index is 909. The number of carbonyl (C=O) groups is 1. The van der Waals surface area contributed by atoms with Crippen LogP contribution in [-0.2, 0) is 11.8 Å². The van der Waals surface area contributed by atoms with E-state index in [1.165, 1.54) is 18.2 Å². The summed E-state index contributed by atoms with van der Waals surface area (Å²) in [5, 5.41) is 2.92. The molecule has 0 aliphatic rings. The number of methoxy groups -OCH3 is 1. The second kappa shape index (κ2) is 8.35. The number of aryl methyl sites for hydroxylation is 1. The lowest BCUT2D eigenvalue weighted by Gasteiger charge is -2.19. The monoisotopic (exact) mass is 369 g/mol. The Morgan fingerprint density at radius 2 is 2.00 bits per heavy atom. The summed E-state index contributed by atoms with van der Waals surface area (Å²) in [5.74, 6) is 0.931. The molecule has 140 valence electrons. The fourth-order valence-corrected chi connectivity index (χ4v) is 2.66. The highest BCUT2D eigenvalue weighted by Crippen LogP contribution is 2.23. The van der Waals surface area contributed by atoms with Crippen molar-refractivity contribution in [3.8, 4) is 11.5 Å². The van der Waals surface area contributed by atoms with Gasteiger partial charge in [-0.3, -0.25) is 4.79 Å². The molecule has 1 aromatic heterocycles. The summed E-state index contributed by atoms with van der Waals surface area (Å²) in [6.07, 6.45) is 3.47. The lowest BCUT2D eigenvalue weighted by molar-refractivity contribution is -0.123. The van der Waals surface area contributed by atoms with Crippen molar-refractivity contribution in [3.63, 3.8) is 0 Å². The lowest BCUT2D eigenvalue weighted by Crippen LogP contribution is -2.34. The molecule has 3 rings (SSSR count). The number of benzene rings is 2. The summed E-state index contributed by atoms with van der Waals surface area (Å²) < 4.78 is 25.6. The van der Waals surface area contributed by atoms with Crippen molar-refractivity contribution in [1.29, 1.82) is 0 Å². The van der Waals surface area contributed by atoms with Gasteiger partial charge in [0.1, 0.15) is 29.2 Å². The summed E-state index contributed by atoms with van der Waals surface area (Å²) >= 11 is 0. The van der Waals surface area contributed by atoms with Gasteiger partial charge in [-0.05, 0) is 29.8 Å². The average molecular weight is 369 g/mol. The Labute approximate surface area is 156 Å². The molecule has 0 saturated heterocycles. The number of hydrogen-bond acceptors (Lipinski definition) is 4. The first-order chi connectivity index (χ1) is 13.1. The predicted octanol–water partition coefficient (Wildman–Crippen LogP) is 2.85. The molecule has 0 spiro atoms. The van der Waals surface area contributed by atoms with E-state index in [-0.39, 0.29) is 12.5 Å². The van der Waals surface area contributed by atoms with E-state index in [0.717, 1.165) is 11.3 Å². The molecule has 7 heteroatoms. The number of rotatable bonds is 7. The standard InChI is InChI=1S/C20H20FN3O3/c1-24-11-10-22-20(24)19(14-6-8-16(26-2)9-7-14)23-18(25)13-27-17-5-3-4-15(21)12-17/h3-12,19H,13H2,1-2H3,(H,23,25)/t19-/m0/s1. The minimum atomic E-state index is -0.459. The number of nitrogens with one attached hydrogen (secondary N) is 1. The molecule has 0 unspecified atom stereocenters. The maximum atomic E-state index is 13.2. The van der Waals surface area contributed by atoms with Gasteiger partial charge in [-0.15, -0.1) is 0 Å². The third kappa shape index (κ3) is 4.63. The largest absolute Gasteiger partial charge is 0.497 e. The van der Waals surface area contributed by atoms with Crippen molar-refractivity contribution in [3.05, 3.63) is 78.1 Å². The molecule has 27 heavy (non-hydrogen) atoms. The van der Waals surface area contributed by atoms with Crippen LogP contribution in [0.15, 0.2) is 60.9 Å². The molecule has 1 heterocycles. The van der Waals surface area contributed by atoms with E-state index >= 15 is 0 Å². The summed E-state index contributed by atoms with van der Waals surface area (Å²) in [5.41, 5.74) is 0.851. The van der Waals surface area contributed by atoms with Crippen LogP contribution >= 0.6 is 0 Å². The molecule has 1 N–H and O–H groups in total. The van der Waals surface area contributed by atoms with Crippen LogP contribution in [0.3, 0.4) is 0 Å². The average Bonchev–Trinajstić information content (AvgIpc) is 3.10. The lowest BCUT2D eigenvalue weighted by atomic mass is 10.1. The second-order valence-electron chi connectivity index (χ2n) is 5.92. The third-order valence-corrected chi connectivity index (χ3v) is 4.04. The Kier molecular flexibility index (Phi) is 5.71. The smallest absolute Gasteiger partial charge is 0.258 e. The van der Waals surface area contributed by atoms with Gasteiger partial charge in [-0.1, -0.05) is 18.2 Å². The summed E-state index contributed by atoms with van der Waals surface area (Å²) in [6.45, 7) is -0.236. The first kappa shape index (κ1) is 18.4. The van der Waals surface area contributed by atoms with Gasteiger partial charge in [-0.25, -0.2) is 9.37 Å². The Balaban J connectivity index is 1.74. The summed E-state index contributed by atoms with van der Waals surface area (Å²) in [7, 11) is 3.45. The highest BCUT2D eigenvalue weighted by Gasteiger charge is 2.21. The topological polar surface area (TPSA) is 65.4 Å². The molecule has 0 aliphatic carbocycles. The molecule has 2 aromatic carbocycles. The van der Waals surface area contributed by atoms with Crippen LogP contribution in [0.5, 0.6) is 11.5 Å². The maximum absolute atomic E-state index is 13.2. The quantitative estimate of drug-likeness (QED) is 0.696. The number of aromatic nitrogens is 2. The molecule has 1 atom stereocenters. The molecular weight excluding hydrogens is 349 g/mol. The SMILES string of the molecule is COc1ccc([C@H](NC(=O)COc2cccc(F)c2)c2nccn2C)cc1. The van der Waals surface area contributed by atoms with Gasteiger partial charge in [0, 0.05) is 25.5 Å². The highest BCUT2D eigenvalue weighted by molar-refractivity contribution is 5.78. The Hall–Kier alpha value is -3.35. The van der Waals surface area contributed by atoms with E-state index in [4.69, 9.17) is 9.47 Å². The van der Waals surface area contributed by atoms with Gasteiger partial charge in [0.15, 0.2) is 6.61 Å². The maximum Gasteiger partial charge on any atom is 0.258 e. The van der Waals surface area contributed by atoms with Crippen molar-refractivity contribution < 1.29 is 18.7 Å². The van der Waals surface area contributed by atoms with Gasteiger partial charge < -0.3 is 19.4 Å². The Morgan fingerprint density at radius 1 is 1.22 bits per heavy atom. The van der Waals surface area contributed by atoms with Gasteiger partial charge in [0.2, 0.25) is 0 Å². The highest BCUT2D eigenvalue weighted by atomic mass is 19.1. The van der Waals surface area contributed by atoms with E-state index in [2.05, 4.69) is 10.3 Å². The van der Waals surface area contributed by atoms with Crippen LogP contribution in [-0.4, -0.2) is 29.2 Å². The van der Waals surface area contributed by atoms with Crippen LogP contribution in [0.2, 0.25) is 0 Å². The van der Waals surface area contributed by atoms with Gasteiger partial charge in [0.25, 0.3) is 5.91 Å². The molecule has 0 aliphatic heterocycles. The van der Waals surface area contributed by atoms with Crippen molar-refractivity contribution in [2.45, 2.75) is 6.04 Å². The van der Waals surface area contributed by atoms with E-state index in [0.29, 0.717) is 11.6 Å². The number of nitrogens with zero attached hydrogens (tertiary/aromatic N) is 2. The number of ether oxygens (including phenoxy) is 2. The van der Waals surface area contributed by atoms with Gasteiger partial charge in [-0.2, -0.15) is 0 Å². The van der Waals surface area contributed by atoms with Crippen molar-refractivity contribution in [1.82, 2.24) is 14.9 Å².